The number of rotatable bonds is 8. The van der Waals surface area contributed by atoms with Gasteiger partial charge < -0.3 is 18.9 Å². The van der Waals surface area contributed by atoms with Crippen LogP contribution in [-0.2, 0) is 11.4 Å². The van der Waals surface area contributed by atoms with Crippen molar-refractivity contribution in [3.8, 4) is 17.2 Å². The Morgan fingerprint density at radius 3 is 2.60 bits per heavy atom. The van der Waals surface area contributed by atoms with Crippen molar-refractivity contribution < 1.29 is 18.4 Å². The molecule has 0 saturated carbocycles. The molecule has 0 fully saturated rings. The van der Waals surface area contributed by atoms with Crippen molar-refractivity contribution in [1.29, 1.82) is 0 Å². The van der Waals surface area contributed by atoms with Crippen LogP contribution in [0.15, 0.2) is 81.0 Å². The van der Waals surface area contributed by atoms with Gasteiger partial charge in [0, 0.05) is 5.69 Å². The Morgan fingerprint density at radius 2 is 1.87 bits per heavy atom. The van der Waals surface area contributed by atoms with E-state index < -0.39 is 0 Å². The molecule has 0 aliphatic rings. The third kappa shape index (κ3) is 5.09. The summed E-state index contributed by atoms with van der Waals surface area (Å²) >= 11 is 1.17. The van der Waals surface area contributed by atoms with E-state index in [2.05, 4.69) is 15.5 Å². The number of nitrogens with one attached hydrogen (secondary N) is 1. The highest BCUT2D eigenvalue weighted by Gasteiger charge is 2.14. The first-order valence-corrected chi connectivity index (χ1v) is 10.2. The van der Waals surface area contributed by atoms with E-state index >= 15 is 0 Å². The van der Waals surface area contributed by atoms with Gasteiger partial charge in [-0.05, 0) is 42.8 Å². The van der Waals surface area contributed by atoms with Gasteiger partial charge >= 0.3 is 0 Å². The van der Waals surface area contributed by atoms with Crippen molar-refractivity contribution in [2.75, 3.05) is 11.1 Å². The van der Waals surface area contributed by atoms with Gasteiger partial charge in [0.25, 0.3) is 11.1 Å². The summed E-state index contributed by atoms with van der Waals surface area (Å²) < 4.78 is 16.6. The van der Waals surface area contributed by atoms with Gasteiger partial charge in [-0.15, -0.1) is 10.2 Å². The Morgan fingerprint density at radius 1 is 1.07 bits per heavy atom. The molecule has 4 rings (SSSR count). The molecule has 30 heavy (non-hydrogen) atoms. The Labute approximate surface area is 177 Å². The zero-order chi connectivity index (χ0) is 20.8. The number of hydrogen-bond acceptors (Lipinski definition) is 7. The van der Waals surface area contributed by atoms with Crippen LogP contribution in [-0.4, -0.2) is 21.9 Å². The van der Waals surface area contributed by atoms with Crippen LogP contribution < -0.4 is 10.1 Å². The zero-order valence-electron chi connectivity index (χ0n) is 16.2. The number of carbonyl (C=O) groups is 1. The zero-order valence-corrected chi connectivity index (χ0v) is 17.0. The maximum atomic E-state index is 12.2. The lowest BCUT2D eigenvalue weighted by Crippen LogP contribution is -2.13. The van der Waals surface area contributed by atoms with Crippen molar-refractivity contribution in [2.45, 2.75) is 18.8 Å². The summed E-state index contributed by atoms with van der Waals surface area (Å²) in [5.41, 5.74) is 2.53. The lowest BCUT2D eigenvalue weighted by atomic mass is 10.2. The van der Waals surface area contributed by atoms with Gasteiger partial charge in [-0.25, -0.2) is 0 Å². The first-order valence-electron chi connectivity index (χ1n) is 9.25. The Hall–Kier alpha value is -3.52. The van der Waals surface area contributed by atoms with E-state index in [9.17, 15) is 4.79 Å². The summed E-state index contributed by atoms with van der Waals surface area (Å²) in [5, 5.41) is 11.1. The van der Waals surface area contributed by atoms with E-state index in [1.807, 2.05) is 49.4 Å². The SMILES string of the molecule is Cc1occc1-c1nnc(SCC(=O)Nc2ccc(OCc3ccccc3)cc2)o1. The summed E-state index contributed by atoms with van der Waals surface area (Å²) in [5.74, 6) is 1.79. The van der Waals surface area contributed by atoms with Gasteiger partial charge in [-0.3, -0.25) is 4.79 Å². The van der Waals surface area contributed by atoms with E-state index in [0.717, 1.165) is 16.9 Å². The Kier molecular flexibility index (Phi) is 6.14. The first-order chi connectivity index (χ1) is 14.7. The normalized spacial score (nSPS) is 10.7. The van der Waals surface area contributed by atoms with Gasteiger partial charge in [-0.1, -0.05) is 42.1 Å². The van der Waals surface area contributed by atoms with Crippen LogP contribution in [0.1, 0.15) is 11.3 Å². The Bertz CT molecular complexity index is 1110. The van der Waals surface area contributed by atoms with Crippen LogP contribution in [0.5, 0.6) is 5.75 Å². The van der Waals surface area contributed by atoms with Gasteiger partial charge in [0.05, 0.1) is 17.6 Å². The van der Waals surface area contributed by atoms with Gasteiger partial charge in [0.1, 0.15) is 18.1 Å². The third-order valence-corrected chi connectivity index (χ3v) is 5.03. The maximum absolute atomic E-state index is 12.2. The van der Waals surface area contributed by atoms with Crippen LogP contribution in [0.3, 0.4) is 0 Å². The number of thioether (sulfide) groups is 1. The number of benzene rings is 2. The molecule has 152 valence electrons. The molecular weight excluding hydrogens is 402 g/mol. The van der Waals surface area contributed by atoms with Crippen molar-refractivity contribution in [3.05, 3.63) is 78.3 Å². The fraction of sp³-hybridized carbons (Fsp3) is 0.136. The van der Waals surface area contributed by atoms with Crippen molar-refractivity contribution in [3.63, 3.8) is 0 Å². The minimum atomic E-state index is -0.169. The average molecular weight is 421 g/mol. The fourth-order valence-corrected chi connectivity index (χ4v) is 3.25. The number of amides is 1. The summed E-state index contributed by atoms with van der Waals surface area (Å²) in [6.07, 6.45) is 1.56. The molecule has 2 aromatic heterocycles. The van der Waals surface area contributed by atoms with Crippen LogP contribution >= 0.6 is 11.8 Å². The van der Waals surface area contributed by atoms with Crippen LogP contribution in [0.4, 0.5) is 5.69 Å². The largest absolute Gasteiger partial charge is 0.489 e. The lowest BCUT2D eigenvalue weighted by Gasteiger charge is -2.08. The maximum Gasteiger partial charge on any atom is 0.277 e. The van der Waals surface area contributed by atoms with E-state index in [1.165, 1.54) is 11.8 Å². The minimum Gasteiger partial charge on any atom is -0.489 e. The number of aryl methyl sites for hydroxylation is 1. The summed E-state index contributed by atoms with van der Waals surface area (Å²) in [4.78, 5) is 12.2. The standard InChI is InChI=1S/C22H19N3O4S/c1-15-19(11-12-27-15)21-24-25-22(29-21)30-14-20(26)23-17-7-9-18(10-8-17)28-13-16-5-3-2-4-6-16/h2-12H,13-14H2,1H3,(H,23,26). The van der Waals surface area contributed by atoms with Crippen molar-refractivity contribution in [2.24, 2.45) is 0 Å². The molecule has 0 saturated heterocycles. The van der Waals surface area contributed by atoms with Gasteiger partial charge in [-0.2, -0.15) is 0 Å². The topological polar surface area (TPSA) is 90.4 Å². The second kappa shape index (κ2) is 9.32. The number of hydrogen-bond donors (Lipinski definition) is 1. The van der Waals surface area contributed by atoms with Crippen molar-refractivity contribution >= 4 is 23.4 Å². The second-order valence-corrected chi connectivity index (χ2v) is 7.33. The molecule has 0 aliphatic heterocycles. The highest BCUT2D eigenvalue weighted by Crippen LogP contribution is 2.26. The number of carbonyl (C=O) groups excluding carboxylic acids is 1. The molecule has 0 aliphatic carbocycles. The molecule has 7 nitrogen and oxygen atoms in total. The van der Waals surface area contributed by atoms with Crippen LogP contribution in [0.25, 0.3) is 11.5 Å². The molecule has 1 N–H and O–H groups in total. The van der Waals surface area contributed by atoms with Crippen LogP contribution in [0, 0.1) is 6.92 Å². The highest BCUT2D eigenvalue weighted by atomic mass is 32.2. The number of ether oxygens (including phenoxy) is 1. The van der Waals surface area contributed by atoms with E-state index in [-0.39, 0.29) is 11.7 Å². The number of anilines is 1. The van der Waals surface area contributed by atoms with E-state index in [1.54, 1.807) is 24.5 Å². The summed E-state index contributed by atoms with van der Waals surface area (Å²) in [6.45, 7) is 2.31. The molecule has 0 radical (unpaired) electrons. The second-order valence-electron chi connectivity index (χ2n) is 6.40. The predicted molar refractivity (Wildman–Crippen MR) is 113 cm³/mol. The predicted octanol–water partition coefficient (Wildman–Crippen LogP) is 4.95. The third-order valence-electron chi connectivity index (χ3n) is 4.21. The molecule has 8 heteroatoms. The van der Waals surface area contributed by atoms with E-state index in [0.29, 0.717) is 29.2 Å². The summed E-state index contributed by atoms with van der Waals surface area (Å²) in [6, 6.07) is 18.9. The average Bonchev–Trinajstić information content (AvgIpc) is 3.41. The van der Waals surface area contributed by atoms with Crippen molar-refractivity contribution in [1.82, 2.24) is 10.2 Å². The number of aromatic nitrogens is 2. The minimum absolute atomic E-state index is 0.151. The quantitative estimate of drug-likeness (QED) is 0.403. The molecule has 4 aromatic rings. The number of nitrogens with zero attached hydrogens (tertiary/aromatic N) is 2. The molecule has 1 amide bonds. The van der Waals surface area contributed by atoms with Crippen LogP contribution in [0.2, 0.25) is 0 Å². The molecule has 0 atom stereocenters. The molecule has 2 heterocycles. The number of furan rings is 1. The molecule has 0 bridgehead atoms. The monoisotopic (exact) mass is 421 g/mol. The molecule has 2 aromatic carbocycles. The fourth-order valence-electron chi connectivity index (χ4n) is 2.68. The van der Waals surface area contributed by atoms with Gasteiger partial charge in [0.15, 0.2) is 0 Å². The smallest absolute Gasteiger partial charge is 0.277 e. The first kappa shape index (κ1) is 19.8. The summed E-state index contributed by atoms with van der Waals surface area (Å²) in [7, 11) is 0. The Balaban J connectivity index is 1.25. The van der Waals surface area contributed by atoms with Gasteiger partial charge in [0.2, 0.25) is 5.91 Å². The molecule has 0 spiro atoms. The van der Waals surface area contributed by atoms with E-state index in [4.69, 9.17) is 13.6 Å². The lowest BCUT2D eigenvalue weighted by molar-refractivity contribution is -0.113. The molecular formula is C22H19N3O4S. The molecule has 0 unspecified atom stereocenters. The highest BCUT2D eigenvalue weighted by molar-refractivity contribution is 7.99.